The lowest BCUT2D eigenvalue weighted by atomic mass is 9.87. The Bertz CT molecular complexity index is 702. The SMILES string of the molecule is CCc1c[nH]c(=S)n1[C@H]1CCc2c(F)cc(F)cc2C1. The van der Waals surface area contributed by atoms with Gasteiger partial charge < -0.3 is 9.55 Å². The number of fused-ring (bicyclic) bond motifs is 1. The topological polar surface area (TPSA) is 20.7 Å². The van der Waals surface area contributed by atoms with Crippen molar-refractivity contribution in [2.45, 2.75) is 38.6 Å². The van der Waals surface area contributed by atoms with Gasteiger partial charge in [0, 0.05) is 24.0 Å². The van der Waals surface area contributed by atoms with Gasteiger partial charge >= 0.3 is 0 Å². The van der Waals surface area contributed by atoms with Gasteiger partial charge in [0.15, 0.2) is 4.77 Å². The highest BCUT2D eigenvalue weighted by Gasteiger charge is 2.24. The van der Waals surface area contributed by atoms with Gasteiger partial charge in [-0.1, -0.05) is 6.92 Å². The van der Waals surface area contributed by atoms with E-state index in [4.69, 9.17) is 12.2 Å². The molecule has 1 N–H and O–H groups in total. The largest absolute Gasteiger partial charge is 0.337 e. The molecule has 1 aromatic heterocycles. The van der Waals surface area contributed by atoms with Gasteiger partial charge in [0.1, 0.15) is 11.6 Å². The molecule has 1 aliphatic rings. The van der Waals surface area contributed by atoms with Crippen molar-refractivity contribution in [1.82, 2.24) is 9.55 Å². The lowest BCUT2D eigenvalue weighted by Crippen LogP contribution is -2.21. The van der Waals surface area contributed by atoms with Crippen LogP contribution in [0.1, 0.15) is 36.2 Å². The molecular weight excluding hydrogens is 278 g/mol. The molecule has 1 aromatic carbocycles. The van der Waals surface area contributed by atoms with Crippen LogP contribution in [0.3, 0.4) is 0 Å². The fraction of sp³-hybridized carbons (Fsp3) is 0.400. The number of nitrogens with one attached hydrogen (secondary N) is 1. The first kappa shape index (κ1) is 13.5. The molecule has 0 radical (unpaired) electrons. The molecule has 0 fully saturated rings. The first-order valence-electron chi connectivity index (χ1n) is 6.85. The number of aromatic nitrogens is 2. The summed E-state index contributed by atoms with van der Waals surface area (Å²) in [6, 6.07) is 2.60. The summed E-state index contributed by atoms with van der Waals surface area (Å²) in [5, 5.41) is 0. The van der Waals surface area contributed by atoms with Crippen LogP contribution in [-0.2, 0) is 19.3 Å². The van der Waals surface area contributed by atoms with Crippen LogP contribution in [0.5, 0.6) is 0 Å². The minimum Gasteiger partial charge on any atom is -0.337 e. The number of hydrogen-bond acceptors (Lipinski definition) is 1. The summed E-state index contributed by atoms with van der Waals surface area (Å²) in [4.78, 5) is 3.06. The molecule has 0 spiro atoms. The van der Waals surface area contributed by atoms with Crippen molar-refractivity contribution < 1.29 is 8.78 Å². The average Bonchev–Trinajstić information content (AvgIpc) is 2.78. The van der Waals surface area contributed by atoms with E-state index >= 15 is 0 Å². The third-order valence-corrected chi connectivity index (χ3v) is 4.37. The number of aromatic amines is 1. The van der Waals surface area contributed by atoms with E-state index in [2.05, 4.69) is 16.5 Å². The summed E-state index contributed by atoms with van der Waals surface area (Å²) < 4.78 is 29.9. The van der Waals surface area contributed by atoms with Crippen LogP contribution in [0.25, 0.3) is 0 Å². The Morgan fingerprint density at radius 1 is 1.40 bits per heavy atom. The number of rotatable bonds is 2. The second-order valence-corrected chi connectivity index (χ2v) is 5.62. The number of hydrogen-bond donors (Lipinski definition) is 1. The van der Waals surface area contributed by atoms with Crippen molar-refractivity contribution in [1.29, 1.82) is 0 Å². The van der Waals surface area contributed by atoms with E-state index in [1.165, 1.54) is 6.07 Å². The molecule has 0 unspecified atom stereocenters. The van der Waals surface area contributed by atoms with Crippen molar-refractivity contribution in [2.24, 2.45) is 0 Å². The molecule has 1 heterocycles. The highest BCUT2D eigenvalue weighted by molar-refractivity contribution is 7.71. The van der Waals surface area contributed by atoms with Crippen LogP contribution in [0.4, 0.5) is 8.78 Å². The predicted molar refractivity (Wildman–Crippen MR) is 76.4 cm³/mol. The zero-order valence-electron chi connectivity index (χ0n) is 11.2. The van der Waals surface area contributed by atoms with Crippen LogP contribution >= 0.6 is 12.2 Å². The molecule has 1 aliphatic carbocycles. The van der Waals surface area contributed by atoms with E-state index in [0.29, 0.717) is 23.2 Å². The minimum atomic E-state index is -0.504. The number of nitrogens with zero attached hydrogens (tertiary/aromatic N) is 1. The Balaban J connectivity index is 2.00. The summed E-state index contributed by atoms with van der Waals surface area (Å²) >= 11 is 5.33. The first-order chi connectivity index (χ1) is 9.60. The van der Waals surface area contributed by atoms with Crippen LogP contribution in [0.2, 0.25) is 0 Å². The van der Waals surface area contributed by atoms with E-state index in [-0.39, 0.29) is 6.04 Å². The van der Waals surface area contributed by atoms with Gasteiger partial charge in [-0.25, -0.2) is 8.78 Å². The van der Waals surface area contributed by atoms with Crippen LogP contribution in [0, 0.1) is 16.4 Å². The fourth-order valence-electron chi connectivity index (χ4n) is 3.09. The lowest BCUT2D eigenvalue weighted by molar-refractivity contribution is 0.417. The summed E-state index contributed by atoms with van der Waals surface area (Å²) in [7, 11) is 0. The van der Waals surface area contributed by atoms with Crippen molar-refractivity contribution in [3.05, 3.63) is 51.6 Å². The Kier molecular flexibility index (Phi) is 3.46. The number of imidazole rings is 1. The van der Waals surface area contributed by atoms with Gasteiger partial charge in [0.25, 0.3) is 0 Å². The molecule has 0 bridgehead atoms. The quantitative estimate of drug-likeness (QED) is 0.826. The Hall–Kier alpha value is -1.49. The molecule has 0 saturated heterocycles. The number of aryl methyl sites for hydroxylation is 1. The van der Waals surface area contributed by atoms with Crippen molar-refractivity contribution in [3.8, 4) is 0 Å². The number of H-pyrrole nitrogens is 1. The van der Waals surface area contributed by atoms with Gasteiger partial charge in [-0.3, -0.25) is 0 Å². The Morgan fingerprint density at radius 3 is 2.95 bits per heavy atom. The van der Waals surface area contributed by atoms with E-state index < -0.39 is 11.6 Å². The van der Waals surface area contributed by atoms with Crippen molar-refractivity contribution >= 4 is 12.2 Å². The van der Waals surface area contributed by atoms with Crippen LogP contribution in [0.15, 0.2) is 18.3 Å². The highest BCUT2D eigenvalue weighted by Crippen LogP contribution is 2.32. The molecule has 2 aromatic rings. The van der Waals surface area contributed by atoms with E-state index in [0.717, 1.165) is 30.2 Å². The number of benzene rings is 1. The summed E-state index contributed by atoms with van der Waals surface area (Å²) in [5.74, 6) is -0.929. The smallest absolute Gasteiger partial charge is 0.177 e. The molecule has 106 valence electrons. The zero-order valence-corrected chi connectivity index (χ0v) is 12.1. The summed E-state index contributed by atoms with van der Waals surface area (Å²) in [6.07, 6.45) is 4.89. The average molecular weight is 294 g/mol. The maximum atomic E-state index is 13.8. The third-order valence-electron chi connectivity index (χ3n) is 4.05. The lowest BCUT2D eigenvalue weighted by Gasteiger charge is -2.27. The molecule has 0 aliphatic heterocycles. The Morgan fingerprint density at radius 2 is 2.20 bits per heavy atom. The molecule has 0 saturated carbocycles. The molecule has 1 atom stereocenters. The maximum Gasteiger partial charge on any atom is 0.177 e. The molecule has 0 amide bonds. The van der Waals surface area contributed by atoms with Gasteiger partial charge in [-0.05, 0) is 55.1 Å². The molecule has 3 rings (SSSR count). The third kappa shape index (κ3) is 2.20. The summed E-state index contributed by atoms with van der Waals surface area (Å²) in [5.41, 5.74) is 2.56. The standard InChI is InChI=1S/C15H16F2N2S/c1-2-11-8-18-15(20)19(11)12-3-4-13-9(6-12)5-10(16)7-14(13)17/h5,7-8,12H,2-4,6H2,1H3,(H,18,20)/t12-/m0/s1. The molecule has 20 heavy (non-hydrogen) atoms. The Labute approximate surface area is 121 Å². The number of halogens is 2. The summed E-state index contributed by atoms with van der Waals surface area (Å²) in [6.45, 7) is 2.07. The van der Waals surface area contributed by atoms with Crippen LogP contribution < -0.4 is 0 Å². The predicted octanol–water partition coefficient (Wildman–Crippen LogP) is 4.12. The second kappa shape index (κ2) is 5.13. The van der Waals surface area contributed by atoms with E-state index in [1.807, 2.05) is 6.20 Å². The van der Waals surface area contributed by atoms with Crippen molar-refractivity contribution in [3.63, 3.8) is 0 Å². The van der Waals surface area contributed by atoms with E-state index in [1.54, 1.807) is 0 Å². The normalized spacial score (nSPS) is 18.1. The monoisotopic (exact) mass is 294 g/mol. The fourth-order valence-corrected chi connectivity index (χ4v) is 3.42. The zero-order chi connectivity index (χ0) is 14.3. The van der Waals surface area contributed by atoms with Gasteiger partial charge in [-0.15, -0.1) is 0 Å². The van der Waals surface area contributed by atoms with E-state index in [9.17, 15) is 8.78 Å². The highest BCUT2D eigenvalue weighted by atomic mass is 32.1. The van der Waals surface area contributed by atoms with Gasteiger partial charge in [0.2, 0.25) is 0 Å². The molecular formula is C15H16F2N2S. The maximum absolute atomic E-state index is 13.8. The molecule has 2 nitrogen and oxygen atoms in total. The van der Waals surface area contributed by atoms with Gasteiger partial charge in [0.05, 0.1) is 0 Å². The second-order valence-electron chi connectivity index (χ2n) is 5.23. The first-order valence-corrected chi connectivity index (χ1v) is 7.26. The minimum absolute atomic E-state index is 0.178. The van der Waals surface area contributed by atoms with Gasteiger partial charge in [-0.2, -0.15) is 0 Å². The van der Waals surface area contributed by atoms with Crippen molar-refractivity contribution in [2.75, 3.05) is 0 Å². The van der Waals surface area contributed by atoms with Crippen LogP contribution in [-0.4, -0.2) is 9.55 Å². The molecule has 5 heteroatoms.